The number of nitrogens with two attached hydrogens (primary N) is 1. The number of rotatable bonds is 8. The fraction of sp³-hybridized carbons (Fsp3) is 0.500. The molecule has 184 valence electrons. The molecule has 2 N–H and O–H groups in total. The van der Waals surface area contributed by atoms with Crippen molar-refractivity contribution in [2.24, 2.45) is 0 Å². The first-order valence-corrected chi connectivity index (χ1v) is 10.8. The Balaban J connectivity index is 2.22. The number of allylic oxidation sites excluding steroid dienone is 1. The molecule has 2 aromatic rings. The molecule has 13 nitrogen and oxygen atoms in total. The molecule has 0 saturated carbocycles. The number of carbonyl (C=O) groups excluding carboxylic acids is 3. The van der Waals surface area contributed by atoms with Gasteiger partial charge in [0.25, 0.3) is 0 Å². The summed E-state index contributed by atoms with van der Waals surface area (Å²) in [5.41, 5.74) is 4.01. The van der Waals surface area contributed by atoms with Crippen LogP contribution in [0.3, 0.4) is 0 Å². The molecule has 2 aromatic heterocycles. The van der Waals surface area contributed by atoms with E-state index in [0.29, 0.717) is 4.70 Å². The number of thiazole rings is 1. The number of fused-ring (bicyclic) bond motifs is 1. The van der Waals surface area contributed by atoms with Crippen molar-refractivity contribution in [3.63, 3.8) is 0 Å². The summed E-state index contributed by atoms with van der Waals surface area (Å²) < 4.78 is 29.5. The molecule has 0 aliphatic carbocycles. The van der Waals surface area contributed by atoms with Crippen LogP contribution in [0.4, 0.5) is 5.95 Å². The van der Waals surface area contributed by atoms with Crippen molar-refractivity contribution >= 4 is 45.5 Å². The van der Waals surface area contributed by atoms with Crippen LogP contribution in [-0.2, 0) is 38.1 Å². The highest BCUT2D eigenvalue weighted by atomic mass is 32.1. The van der Waals surface area contributed by atoms with Crippen LogP contribution in [-0.4, -0.2) is 63.5 Å². The van der Waals surface area contributed by atoms with E-state index in [1.54, 1.807) is 6.92 Å². The van der Waals surface area contributed by atoms with Gasteiger partial charge in [-0.15, -0.1) is 0 Å². The number of aromatic nitrogens is 3. The first-order chi connectivity index (χ1) is 15.9. The Morgan fingerprint density at radius 1 is 1.21 bits per heavy atom. The van der Waals surface area contributed by atoms with E-state index in [0.717, 1.165) is 29.8 Å². The third kappa shape index (κ3) is 5.02. The molecule has 0 unspecified atom stereocenters. The van der Waals surface area contributed by atoms with Gasteiger partial charge < -0.3 is 29.4 Å². The Labute approximate surface area is 197 Å². The van der Waals surface area contributed by atoms with Crippen molar-refractivity contribution in [1.29, 1.82) is 0 Å². The lowest BCUT2D eigenvalue weighted by Gasteiger charge is -2.36. The second kappa shape index (κ2) is 9.77. The number of nitrogen functional groups attached to an aromatic ring is 1. The van der Waals surface area contributed by atoms with E-state index in [-0.39, 0.29) is 24.0 Å². The SMILES string of the molecule is C=C(C)OC[C@]1(OC(C)=O)[C@@H](COC(C)=O)O[C@@H](n2c(=O)sc3cnc(N)nc32)[C@@H]1OC(C)=O. The second-order valence-corrected chi connectivity index (χ2v) is 8.53. The number of ether oxygens (including phenoxy) is 5. The highest BCUT2D eigenvalue weighted by Gasteiger charge is 2.64. The Morgan fingerprint density at radius 3 is 2.50 bits per heavy atom. The van der Waals surface area contributed by atoms with E-state index in [4.69, 9.17) is 29.4 Å². The standard InChI is InChI=1S/C20H24N4O9S/c1-9(2)30-8-20(33-12(5)27)14(7-29-10(3)25)32-17(15(20)31-11(4)26)24-16-13(34-19(24)28)6-22-18(21)23-16/h6,14-15,17H,1,7-8H2,2-5H3,(H2,21,22,23)/t14-,15+,17-,20+/m1/s1. The van der Waals surface area contributed by atoms with Gasteiger partial charge >= 0.3 is 22.8 Å². The molecule has 3 heterocycles. The fourth-order valence-electron chi connectivity index (χ4n) is 3.59. The molecular formula is C20H24N4O9S. The normalized spacial score (nSPS) is 23.9. The quantitative estimate of drug-likeness (QED) is 0.308. The zero-order chi connectivity index (χ0) is 25.2. The molecule has 0 aromatic carbocycles. The maximum Gasteiger partial charge on any atom is 0.311 e. The number of anilines is 1. The first-order valence-electron chi connectivity index (χ1n) is 10.0. The number of esters is 3. The van der Waals surface area contributed by atoms with E-state index >= 15 is 0 Å². The molecule has 0 spiro atoms. The van der Waals surface area contributed by atoms with Gasteiger partial charge in [0.1, 0.15) is 19.3 Å². The molecule has 34 heavy (non-hydrogen) atoms. The van der Waals surface area contributed by atoms with E-state index in [1.165, 1.54) is 13.1 Å². The maximum absolute atomic E-state index is 13.0. The summed E-state index contributed by atoms with van der Waals surface area (Å²) in [6.07, 6.45) is -2.57. The summed E-state index contributed by atoms with van der Waals surface area (Å²) >= 11 is 0.815. The zero-order valence-electron chi connectivity index (χ0n) is 18.9. The van der Waals surface area contributed by atoms with E-state index in [2.05, 4.69) is 16.5 Å². The van der Waals surface area contributed by atoms with E-state index in [1.807, 2.05) is 0 Å². The number of hydrogen-bond donors (Lipinski definition) is 1. The predicted molar refractivity (Wildman–Crippen MR) is 117 cm³/mol. The van der Waals surface area contributed by atoms with Crippen LogP contribution < -0.4 is 10.6 Å². The van der Waals surface area contributed by atoms with Crippen LogP contribution in [0.15, 0.2) is 23.3 Å². The maximum atomic E-state index is 13.0. The van der Waals surface area contributed by atoms with Crippen LogP contribution >= 0.6 is 11.3 Å². The molecule has 14 heteroatoms. The Hall–Kier alpha value is -3.52. The minimum Gasteiger partial charge on any atom is -0.494 e. The van der Waals surface area contributed by atoms with Crippen molar-refractivity contribution in [2.45, 2.75) is 51.7 Å². The molecule has 1 aliphatic heterocycles. The van der Waals surface area contributed by atoms with Gasteiger partial charge in [-0.25, -0.2) is 4.98 Å². The minimum absolute atomic E-state index is 0.102. The molecule has 0 bridgehead atoms. The largest absolute Gasteiger partial charge is 0.494 e. The van der Waals surface area contributed by atoms with E-state index in [9.17, 15) is 19.2 Å². The van der Waals surface area contributed by atoms with Gasteiger partial charge in [0.05, 0.1) is 16.7 Å². The van der Waals surface area contributed by atoms with Gasteiger partial charge in [0.2, 0.25) is 11.5 Å². The van der Waals surface area contributed by atoms with Crippen LogP contribution in [0.1, 0.15) is 33.9 Å². The van der Waals surface area contributed by atoms with Crippen LogP contribution in [0.2, 0.25) is 0 Å². The predicted octanol–water partition coefficient (Wildman–Crippen LogP) is 0.680. The highest BCUT2D eigenvalue weighted by molar-refractivity contribution is 7.16. The molecule has 4 atom stereocenters. The van der Waals surface area contributed by atoms with Crippen molar-refractivity contribution in [3.8, 4) is 0 Å². The minimum atomic E-state index is -1.82. The lowest BCUT2D eigenvalue weighted by atomic mass is 9.92. The third-order valence-corrected chi connectivity index (χ3v) is 5.71. The third-order valence-electron chi connectivity index (χ3n) is 4.83. The highest BCUT2D eigenvalue weighted by Crippen LogP contribution is 2.43. The topological polar surface area (TPSA) is 171 Å². The number of hydrogen-bond acceptors (Lipinski definition) is 13. The number of nitrogens with zero attached hydrogens (tertiary/aromatic N) is 3. The van der Waals surface area contributed by atoms with Gasteiger partial charge in [-0.2, -0.15) is 4.98 Å². The van der Waals surface area contributed by atoms with Crippen LogP contribution in [0.25, 0.3) is 10.3 Å². The molecule has 3 rings (SSSR count). The molecule has 1 saturated heterocycles. The van der Waals surface area contributed by atoms with Crippen LogP contribution in [0, 0.1) is 0 Å². The second-order valence-electron chi connectivity index (χ2n) is 7.54. The first kappa shape index (κ1) is 25.1. The smallest absolute Gasteiger partial charge is 0.311 e. The summed E-state index contributed by atoms with van der Waals surface area (Å²) in [4.78, 5) is 56.2. The number of carbonyl (C=O) groups is 3. The monoisotopic (exact) mass is 496 g/mol. The Morgan fingerprint density at radius 2 is 1.91 bits per heavy atom. The fourth-order valence-corrected chi connectivity index (χ4v) is 4.41. The molecule has 0 amide bonds. The van der Waals surface area contributed by atoms with Crippen molar-refractivity contribution in [1.82, 2.24) is 14.5 Å². The molecular weight excluding hydrogens is 472 g/mol. The average Bonchev–Trinajstić information content (AvgIpc) is 3.18. The molecule has 1 fully saturated rings. The average molecular weight is 496 g/mol. The van der Waals surface area contributed by atoms with Crippen molar-refractivity contribution in [2.75, 3.05) is 18.9 Å². The Kier molecular flexibility index (Phi) is 7.21. The van der Waals surface area contributed by atoms with Crippen molar-refractivity contribution < 1.29 is 38.1 Å². The molecule has 1 aliphatic rings. The summed E-state index contributed by atoms with van der Waals surface area (Å²) in [6.45, 7) is 7.92. The van der Waals surface area contributed by atoms with Gasteiger partial charge in [-0.05, 0) is 6.92 Å². The summed E-state index contributed by atoms with van der Waals surface area (Å²) in [7, 11) is 0. The van der Waals surface area contributed by atoms with Crippen molar-refractivity contribution in [3.05, 3.63) is 28.2 Å². The van der Waals surface area contributed by atoms with Crippen LogP contribution in [0.5, 0.6) is 0 Å². The van der Waals surface area contributed by atoms with Gasteiger partial charge in [-0.3, -0.25) is 23.7 Å². The summed E-state index contributed by atoms with van der Waals surface area (Å²) in [5.74, 6) is -1.97. The zero-order valence-corrected chi connectivity index (χ0v) is 19.7. The Bertz CT molecular complexity index is 1190. The molecule has 0 radical (unpaired) electrons. The van der Waals surface area contributed by atoms with Gasteiger partial charge in [-0.1, -0.05) is 17.9 Å². The summed E-state index contributed by atoms with van der Waals surface area (Å²) in [6, 6.07) is 0. The summed E-state index contributed by atoms with van der Waals surface area (Å²) in [5, 5.41) is 0. The van der Waals surface area contributed by atoms with E-state index < -0.39 is 53.4 Å². The lowest BCUT2D eigenvalue weighted by molar-refractivity contribution is -0.196. The van der Waals surface area contributed by atoms with Gasteiger partial charge in [0, 0.05) is 20.8 Å². The van der Waals surface area contributed by atoms with Gasteiger partial charge in [0.15, 0.2) is 18.0 Å². The lowest BCUT2D eigenvalue weighted by Crippen LogP contribution is -2.57.